The summed E-state index contributed by atoms with van der Waals surface area (Å²) >= 11 is 1.57. The van der Waals surface area contributed by atoms with Crippen LogP contribution in [0.1, 0.15) is 0 Å². The van der Waals surface area contributed by atoms with Crippen molar-refractivity contribution in [3.8, 4) is 0 Å². The molecule has 21 heavy (non-hydrogen) atoms. The number of rotatable bonds is 8. The Morgan fingerprint density at radius 1 is 1.05 bits per heavy atom. The number of amides is 1. The molecule has 0 aliphatic rings. The molecule has 1 rings (SSSR count). The smallest absolute Gasteiger partial charge is 0.317 e. The van der Waals surface area contributed by atoms with Gasteiger partial charge < -0.3 is 15.5 Å². The van der Waals surface area contributed by atoms with E-state index in [9.17, 15) is 14.4 Å². The molecular weight excluding hydrogens is 296 g/mol. The third kappa shape index (κ3) is 6.77. The van der Waals surface area contributed by atoms with Gasteiger partial charge in [0.05, 0.1) is 19.6 Å². The van der Waals surface area contributed by atoms with E-state index >= 15 is 0 Å². The molecule has 0 fully saturated rings. The number of nitrogens with zero attached hydrogens (tertiary/aromatic N) is 1. The predicted molar refractivity (Wildman–Crippen MR) is 78.6 cm³/mol. The zero-order chi connectivity index (χ0) is 15.8. The van der Waals surface area contributed by atoms with Gasteiger partial charge in [-0.3, -0.25) is 19.3 Å². The van der Waals surface area contributed by atoms with Crippen molar-refractivity contribution in [2.75, 3.05) is 31.2 Å². The fourth-order valence-corrected chi connectivity index (χ4v) is 2.04. The third-order valence-corrected chi connectivity index (χ3v) is 3.20. The number of aliphatic carboxylic acids is 2. The summed E-state index contributed by atoms with van der Waals surface area (Å²) in [5, 5.41) is 20.0. The largest absolute Gasteiger partial charge is 0.480 e. The Balaban J connectivity index is 2.59. The van der Waals surface area contributed by atoms with Crippen molar-refractivity contribution in [1.82, 2.24) is 4.90 Å². The molecule has 1 aromatic carbocycles. The fraction of sp³-hybridized carbons (Fsp3) is 0.308. The van der Waals surface area contributed by atoms with Crippen molar-refractivity contribution in [3.63, 3.8) is 0 Å². The molecule has 0 aromatic heterocycles. The molecule has 114 valence electrons. The molecule has 0 unspecified atom stereocenters. The molecule has 0 aliphatic heterocycles. The number of carboxylic acid groups (broad SMARTS) is 2. The molecule has 0 aliphatic carbocycles. The molecule has 0 bridgehead atoms. The molecule has 0 spiro atoms. The first kappa shape index (κ1) is 17.0. The lowest BCUT2D eigenvalue weighted by Crippen LogP contribution is -2.40. The minimum atomic E-state index is -1.19. The Morgan fingerprint density at radius 3 is 2.00 bits per heavy atom. The molecule has 0 saturated heterocycles. The highest BCUT2D eigenvalue weighted by molar-refractivity contribution is 7.98. The van der Waals surface area contributed by atoms with E-state index in [0.29, 0.717) is 5.69 Å². The van der Waals surface area contributed by atoms with Gasteiger partial charge in [-0.15, -0.1) is 11.8 Å². The molecular formula is C13H16N2O5S. The van der Waals surface area contributed by atoms with Gasteiger partial charge in [-0.2, -0.15) is 0 Å². The van der Waals surface area contributed by atoms with E-state index in [1.165, 1.54) is 0 Å². The van der Waals surface area contributed by atoms with Crippen LogP contribution in [-0.4, -0.2) is 58.8 Å². The molecule has 0 heterocycles. The van der Waals surface area contributed by atoms with E-state index in [1.54, 1.807) is 23.9 Å². The van der Waals surface area contributed by atoms with E-state index in [4.69, 9.17) is 10.2 Å². The SMILES string of the molecule is CSc1ccc(NC(=O)CN(CC(=O)O)CC(=O)O)cc1. The molecule has 0 atom stereocenters. The second kappa shape index (κ2) is 8.28. The van der Waals surface area contributed by atoms with Crippen LogP contribution in [0.15, 0.2) is 29.2 Å². The second-order valence-corrected chi connectivity index (χ2v) is 5.09. The summed E-state index contributed by atoms with van der Waals surface area (Å²) < 4.78 is 0. The molecule has 7 nitrogen and oxygen atoms in total. The molecule has 3 N–H and O–H groups in total. The van der Waals surface area contributed by atoms with Crippen molar-refractivity contribution in [1.29, 1.82) is 0 Å². The maximum Gasteiger partial charge on any atom is 0.317 e. The van der Waals surface area contributed by atoms with Crippen molar-refractivity contribution in [3.05, 3.63) is 24.3 Å². The van der Waals surface area contributed by atoms with Crippen molar-refractivity contribution < 1.29 is 24.6 Å². The first-order valence-corrected chi connectivity index (χ1v) is 7.23. The van der Waals surface area contributed by atoms with Crippen LogP contribution < -0.4 is 5.32 Å². The molecule has 8 heteroatoms. The van der Waals surface area contributed by atoms with Gasteiger partial charge in [0.25, 0.3) is 0 Å². The number of carbonyl (C=O) groups is 3. The van der Waals surface area contributed by atoms with Gasteiger partial charge in [0, 0.05) is 10.6 Å². The summed E-state index contributed by atoms with van der Waals surface area (Å²) in [5.74, 6) is -2.84. The highest BCUT2D eigenvalue weighted by Crippen LogP contribution is 2.17. The molecule has 0 saturated carbocycles. The summed E-state index contributed by atoms with van der Waals surface area (Å²) in [5.41, 5.74) is 0.573. The van der Waals surface area contributed by atoms with Crippen LogP contribution in [0.2, 0.25) is 0 Å². The van der Waals surface area contributed by atoms with Gasteiger partial charge in [-0.25, -0.2) is 0 Å². The monoisotopic (exact) mass is 312 g/mol. The maximum absolute atomic E-state index is 11.8. The maximum atomic E-state index is 11.8. The number of nitrogens with one attached hydrogen (secondary N) is 1. The van der Waals surface area contributed by atoms with E-state index in [0.717, 1.165) is 9.80 Å². The van der Waals surface area contributed by atoms with Gasteiger partial charge in [-0.1, -0.05) is 0 Å². The number of thioether (sulfide) groups is 1. The Labute approximate surface area is 125 Å². The number of hydrogen-bond acceptors (Lipinski definition) is 5. The zero-order valence-electron chi connectivity index (χ0n) is 11.4. The van der Waals surface area contributed by atoms with Crippen molar-refractivity contribution in [2.45, 2.75) is 4.90 Å². The number of benzene rings is 1. The van der Waals surface area contributed by atoms with E-state index in [1.807, 2.05) is 18.4 Å². The highest BCUT2D eigenvalue weighted by atomic mass is 32.2. The highest BCUT2D eigenvalue weighted by Gasteiger charge is 2.16. The lowest BCUT2D eigenvalue weighted by Gasteiger charge is -2.17. The van der Waals surface area contributed by atoms with Crippen LogP contribution in [0.5, 0.6) is 0 Å². The fourth-order valence-electron chi connectivity index (χ4n) is 1.63. The Bertz CT molecular complexity index is 502. The zero-order valence-corrected chi connectivity index (χ0v) is 12.2. The normalized spacial score (nSPS) is 10.4. The van der Waals surface area contributed by atoms with Gasteiger partial charge in [0.1, 0.15) is 0 Å². The summed E-state index contributed by atoms with van der Waals surface area (Å²) in [6.45, 7) is -1.32. The van der Waals surface area contributed by atoms with Gasteiger partial charge in [-0.05, 0) is 30.5 Å². The van der Waals surface area contributed by atoms with Crippen molar-refractivity contribution >= 4 is 35.3 Å². The first-order chi connectivity index (χ1) is 9.90. The van der Waals surface area contributed by atoms with Gasteiger partial charge >= 0.3 is 11.9 Å². The van der Waals surface area contributed by atoms with E-state index < -0.39 is 30.9 Å². The van der Waals surface area contributed by atoms with Crippen LogP contribution in [0.25, 0.3) is 0 Å². The van der Waals surface area contributed by atoms with E-state index in [-0.39, 0.29) is 6.54 Å². The Hall–Kier alpha value is -2.06. The van der Waals surface area contributed by atoms with Crippen LogP contribution in [0.4, 0.5) is 5.69 Å². The molecule has 1 amide bonds. The number of carboxylic acids is 2. The van der Waals surface area contributed by atoms with Gasteiger partial charge in [0.15, 0.2) is 0 Å². The minimum absolute atomic E-state index is 0.303. The lowest BCUT2D eigenvalue weighted by molar-refractivity contribution is -0.142. The van der Waals surface area contributed by atoms with Crippen LogP contribution in [-0.2, 0) is 14.4 Å². The molecule has 0 radical (unpaired) electrons. The third-order valence-electron chi connectivity index (χ3n) is 2.46. The summed E-state index contributed by atoms with van der Waals surface area (Å²) in [7, 11) is 0. The average molecular weight is 312 g/mol. The average Bonchev–Trinajstić information content (AvgIpc) is 2.37. The predicted octanol–water partition coefficient (Wildman–Crippen LogP) is 0.818. The van der Waals surface area contributed by atoms with Gasteiger partial charge in [0.2, 0.25) is 5.91 Å². The van der Waals surface area contributed by atoms with E-state index in [2.05, 4.69) is 5.32 Å². The van der Waals surface area contributed by atoms with Crippen LogP contribution >= 0.6 is 11.8 Å². The Kier molecular flexibility index (Phi) is 6.70. The second-order valence-electron chi connectivity index (χ2n) is 4.21. The quantitative estimate of drug-likeness (QED) is 0.610. The number of carbonyl (C=O) groups excluding carboxylic acids is 1. The van der Waals surface area contributed by atoms with Crippen molar-refractivity contribution in [2.24, 2.45) is 0 Å². The standard InChI is InChI=1S/C13H16N2O5S/c1-21-10-4-2-9(3-5-10)14-11(16)6-15(7-12(17)18)8-13(19)20/h2-5H,6-8H2,1H3,(H,14,16)(H,17,18)(H,19,20). The first-order valence-electron chi connectivity index (χ1n) is 6.00. The van der Waals surface area contributed by atoms with Crippen LogP contribution in [0.3, 0.4) is 0 Å². The number of hydrogen-bond donors (Lipinski definition) is 3. The molecule has 1 aromatic rings. The topological polar surface area (TPSA) is 107 Å². The van der Waals surface area contributed by atoms with Crippen LogP contribution in [0, 0.1) is 0 Å². The summed E-state index contributed by atoms with van der Waals surface area (Å²) in [4.78, 5) is 35.1. The summed E-state index contributed by atoms with van der Waals surface area (Å²) in [6, 6.07) is 7.13. The number of anilines is 1. The Morgan fingerprint density at radius 2 is 1.57 bits per heavy atom. The summed E-state index contributed by atoms with van der Waals surface area (Å²) in [6.07, 6.45) is 1.93. The minimum Gasteiger partial charge on any atom is -0.480 e. The lowest BCUT2D eigenvalue weighted by atomic mass is 10.3.